The zero-order valence-electron chi connectivity index (χ0n) is 12.4. The van der Waals surface area contributed by atoms with Crippen molar-refractivity contribution >= 4 is 11.3 Å². The fraction of sp³-hybridized carbons (Fsp3) is 0.800. The first kappa shape index (κ1) is 14.9. The van der Waals surface area contributed by atoms with Crippen LogP contribution in [0.15, 0.2) is 0 Å². The third kappa shape index (κ3) is 2.71. The van der Waals surface area contributed by atoms with Gasteiger partial charge < -0.3 is 10.5 Å². The molecule has 2 N–H and O–H groups in total. The van der Waals surface area contributed by atoms with Gasteiger partial charge in [0.15, 0.2) is 0 Å². The van der Waals surface area contributed by atoms with Gasteiger partial charge in [-0.2, -0.15) is 0 Å². The fourth-order valence-electron chi connectivity index (χ4n) is 3.03. The van der Waals surface area contributed by atoms with Gasteiger partial charge in [0.25, 0.3) is 0 Å². The summed E-state index contributed by atoms with van der Waals surface area (Å²) in [5.74, 6) is 0.460. The second kappa shape index (κ2) is 6.33. The lowest BCUT2D eigenvalue weighted by atomic mass is 9.91. The molecule has 1 atom stereocenters. The molecule has 1 aliphatic rings. The fourth-order valence-corrected chi connectivity index (χ4v) is 4.50. The first-order chi connectivity index (χ1) is 9.20. The predicted molar refractivity (Wildman–Crippen MR) is 80.7 cm³/mol. The summed E-state index contributed by atoms with van der Waals surface area (Å²) in [5.41, 5.74) is 6.97. The largest absolute Gasteiger partial charge is 0.368 e. The molecule has 0 aromatic carbocycles. The highest BCUT2D eigenvalue weighted by atomic mass is 32.1. The predicted octanol–water partition coefficient (Wildman–Crippen LogP) is 3.57. The number of ether oxygens (including phenoxy) is 1. The lowest BCUT2D eigenvalue weighted by molar-refractivity contribution is -0.0507. The van der Waals surface area contributed by atoms with E-state index in [1.54, 1.807) is 0 Å². The Bertz CT molecular complexity index is 412. The highest BCUT2D eigenvalue weighted by Gasteiger charge is 2.35. The van der Waals surface area contributed by atoms with Crippen molar-refractivity contribution in [3.05, 3.63) is 15.6 Å². The van der Waals surface area contributed by atoms with E-state index in [-0.39, 0.29) is 5.60 Å². The monoisotopic (exact) mass is 282 g/mol. The lowest BCUT2D eigenvalue weighted by Gasteiger charge is -2.29. The molecule has 1 heterocycles. The SMILES string of the molecule is CCOC(CC)(CC)c1nc2c(s1)CCCC2CN. The Morgan fingerprint density at radius 3 is 2.68 bits per heavy atom. The van der Waals surface area contributed by atoms with Crippen molar-refractivity contribution in [3.63, 3.8) is 0 Å². The summed E-state index contributed by atoms with van der Waals surface area (Å²) in [6, 6.07) is 0. The summed E-state index contributed by atoms with van der Waals surface area (Å²) in [4.78, 5) is 6.40. The molecule has 0 bridgehead atoms. The molecule has 0 amide bonds. The lowest BCUT2D eigenvalue weighted by Crippen LogP contribution is -2.28. The molecule has 0 saturated heterocycles. The molecule has 0 radical (unpaired) electrons. The van der Waals surface area contributed by atoms with Crippen LogP contribution in [0, 0.1) is 0 Å². The van der Waals surface area contributed by atoms with Gasteiger partial charge in [-0.25, -0.2) is 4.98 Å². The summed E-state index contributed by atoms with van der Waals surface area (Å²) in [7, 11) is 0. The number of thiazole rings is 1. The number of aromatic nitrogens is 1. The van der Waals surface area contributed by atoms with Crippen LogP contribution in [0.5, 0.6) is 0 Å². The van der Waals surface area contributed by atoms with E-state index in [0.29, 0.717) is 5.92 Å². The number of nitrogens with zero attached hydrogens (tertiary/aromatic N) is 1. The second-order valence-electron chi connectivity index (χ2n) is 5.29. The minimum atomic E-state index is -0.185. The summed E-state index contributed by atoms with van der Waals surface area (Å²) in [6.07, 6.45) is 5.57. The van der Waals surface area contributed by atoms with E-state index in [9.17, 15) is 0 Å². The van der Waals surface area contributed by atoms with Crippen molar-refractivity contribution in [1.29, 1.82) is 0 Å². The van der Waals surface area contributed by atoms with Crippen molar-refractivity contribution in [3.8, 4) is 0 Å². The van der Waals surface area contributed by atoms with Crippen molar-refractivity contribution < 1.29 is 4.74 Å². The molecule has 1 aromatic heterocycles. The summed E-state index contributed by atoms with van der Waals surface area (Å²) in [6.45, 7) is 7.92. The molecular formula is C15H26N2OS. The van der Waals surface area contributed by atoms with E-state index < -0.39 is 0 Å². The van der Waals surface area contributed by atoms with Crippen molar-refractivity contribution in [2.24, 2.45) is 5.73 Å². The number of hydrogen-bond acceptors (Lipinski definition) is 4. The molecule has 1 unspecified atom stereocenters. The van der Waals surface area contributed by atoms with Gasteiger partial charge in [0.2, 0.25) is 0 Å². The quantitative estimate of drug-likeness (QED) is 0.867. The Labute approximate surface area is 120 Å². The molecule has 0 aliphatic heterocycles. The summed E-state index contributed by atoms with van der Waals surface area (Å²) in [5, 5.41) is 1.17. The Hall–Kier alpha value is -0.450. The van der Waals surface area contributed by atoms with Crippen LogP contribution >= 0.6 is 11.3 Å². The van der Waals surface area contributed by atoms with Gasteiger partial charge >= 0.3 is 0 Å². The van der Waals surface area contributed by atoms with E-state index >= 15 is 0 Å². The molecule has 108 valence electrons. The van der Waals surface area contributed by atoms with E-state index in [0.717, 1.165) is 26.0 Å². The van der Waals surface area contributed by atoms with E-state index in [2.05, 4.69) is 20.8 Å². The maximum atomic E-state index is 6.08. The van der Waals surface area contributed by atoms with Crippen LogP contribution in [0.1, 0.15) is 68.0 Å². The van der Waals surface area contributed by atoms with Crippen molar-refractivity contribution in [2.75, 3.05) is 13.2 Å². The van der Waals surface area contributed by atoms with Crippen LogP contribution in [0.3, 0.4) is 0 Å². The van der Waals surface area contributed by atoms with Crippen LogP contribution in [0.2, 0.25) is 0 Å². The Morgan fingerprint density at radius 1 is 1.37 bits per heavy atom. The topological polar surface area (TPSA) is 48.1 Å². The number of rotatable bonds is 6. The minimum Gasteiger partial charge on any atom is -0.368 e. The second-order valence-corrected chi connectivity index (χ2v) is 6.37. The van der Waals surface area contributed by atoms with Crippen LogP contribution in [-0.4, -0.2) is 18.1 Å². The zero-order chi connectivity index (χ0) is 13.9. The van der Waals surface area contributed by atoms with Gasteiger partial charge in [-0.3, -0.25) is 0 Å². The van der Waals surface area contributed by atoms with Crippen LogP contribution in [-0.2, 0) is 16.8 Å². The smallest absolute Gasteiger partial charge is 0.125 e. The molecule has 0 saturated carbocycles. The van der Waals surface area contributed by atoms with E-state index in [4.69, 9.17) is 15.5 Å². The number of fused-ring (bicyclic) bond motifs is 1. The first-order valence-corrected chi connectivity index (χ1v) is 8.36. The number of aryl methyl sites for hydroxylation is 1. The summed E-state index contributed by atoms with van der Waals surface area (Å²) >= 11 is 1.86. The standard InChI is InChI=1S/C15H26N2OS/c1-4-15(5-2,18-6-3)14-17-13-11(10-16)8-7-9-12(13)19-14/h11H,4-10,16H2,1-3H3. The van der Waals surface area contributed by atoms with Gasteiger partial charge in [0, 0.05) is 23.9 Å². The van der Waals surface area contributed by atoms with Gasteiger partial charge in [0.05, 0.1) is 5.69 Å². The first-order valence-electron chi connectivity index (χ1n) is 7.54. The van der Waals surface area contributed by atoms with Crippen LogP contribution in [0.25, 0.3) is 0 Å². The zero-order valence-corrected chi connectivity index (χ0v) is 13.2. The third-order valence-corrected chi connectivity index (χ3v) is 5.62. The normalized spacial score (nSPS) is 19.5. The van der Waals surface area contributed by atoms with Crippen molar-refractivity contribution in [2.45, 2.75) is 64.4 Å². The number of nitrogens with two attached hydrogens (primary N) is 1. The van der Waals surface area contributed by atoms with E-state index in [1.807, 2.05) is 11.3 Å². The Kier molecular flexibility index (Phi) is 4.98. The highest BCUT2D eigenvalue weighted by Crippen LogP contribution is 2.41. The van der Waals surface area contributed by atoms with Gasteiger partial charge in [0.1, 0.15) is 10.6 Å². The molecule has 2 rings (SSSR count). The minimum absolute atomic E-state index is 0.185. The molecule has 0 spiro atoms. The average Bonchev–Trinajstić information content (AvgIpc) is 2.89. The van der Waals surface area contributed by atoms with Gasteiger partial charge in [-0.15, -0.1) is 11.3 Å². The maximum Gasteiger partial charge on any atom is 0.125 e. The highest BCUT2D eigenvalue weighted by molar-refractivity contribution is 7.11. The molecular weight excluding hydrogens is 256 g/mol. The molecule has 1 aliphatic carbocycles. The molecule has 19 heavy (non-hydrogen) atoms. The third-order valence-electron chi connectivity index (χ3n) is 4.31. The van der Waals surface area contributed by atoms with Crippen LogP contribution < -0.4 is 5.73 Å². The average molecular weight is 282 g/mol. The van der Waals surface area contributed by atoms with E-state index in [1.165, 1.54) is 34.8 Å². The van der Waals surface area contributed by atoms with Gasteiger partial charge in [-0.05, 0) is 39.0 Å². The van der Waals surface area contributed by atoms with Gasteiger partial charge in [-0.1, -0.05) is 13.8 Å². The van der Waals surface area contributed by atoms with Crippen molar-refractivity contribution in [1.82, 2.24) is 4.98 Å². The molecule has 4 heteroatoms. The Balaban J connectivity index is 2.37. The molecule has 1 aromatic rings. The van der Waals surface area contributed by atoms with Crippen LogP contribution in [0.4, 0.5) is 0 Å². The Morgan fingerprint density at radius 2 is 2.11 bits per heavy atom. The number of hydrogen-bond donors (Lipinski definition) is 1. The summed E-state index contributed by atoms with van der Waals surface area (Å²) < 4.78 is 6.08. The maximum absolute atomic E-state index is 6.08. The molecule has 0 fully saturated rings. The molecule has 3 nitrogen and oxygen atoms in total.